The van der Waals surface area contributed by atoms with Gasteiger partial charge in [-0.15, -0.1) is 108 Å². The minimum Gasteiger partial charge on any atom is -1.00 e. The summed E-state index contributed by atoms with van der Waals surface area (Å²) >= 11 is 0. The van der Waals surface area contributed by atoms with Crippen molar-refractivity contribution in [1.29, 1.82) is 0 Å². The van der Waals surface area contributed by atoms with Gasteiger partial charge in [0.25, 0.3) is 0 Å². The quantitative estimate of drug-likeness (QED) is 0.115. The number of fused-ring (bicyclic) bond motifs is 8. The SMILES string of the molecule is CP(C)c1cc2ccccc2[cH-]1.CP(C)c1cc2ccccc2[cH-]1.[Cl-].[Cl-].[Ti+2].[Ti+2].[c-]1cccc2c1Cc1ccccc1-2.[c-]1cccc2c1Cc1ccccc1-2. The summed E-state index contributed by atoms with van der Waals surface area (Å²) in [7, 11) is 0.115. The van der Waals surface area contributed by atoms with Crippen LogP contribution in [0, 0.1) is 12.1 Å². The fourth-order valence-corrected chi connectivity index (χ4v) is 8.37. The number of hydrogen-bond donors (Lipinski definition) is 0. The van der Waals surface area contributed by atoms with Gasteiger partial charge in [-0.1, -0.05) is 82.9 Å². The summed E-state index contributed by atoms with van der Waals surface area (Å²) in [6.07, 6.45) is 2.10. The van der Waals surface area contributed by atoms with Crippen LogP contribution in [0.3, 0.4) is 0 Å². The summed E-state index contributed by atoms with van der Waals surface area (Å²) in [5, 5.41) is 8.53. The van der Waals surface area contributed by atoms with Crippen LogP contribution in [0.2, 0.25) is 0 Å². The molecule has 0 nitrogen and oxygen atoms in total. The smallest absolute Gasteiger partial charge is 1.00 e. The normalized spacial score (nSPS) is 10.9. The Labute approximate surface area is 367 Å². The topological polar surface area (TPSA) is 0 Å². The standard InChI is InChI=1S/2C13H9.2C11H12P.2ClH.2Ti/c2*1-3-7-12-10(5-1)9-11-6-2-4-8-13(11)12;2*1-12(2)11-7-9-5-3-4-6-10(9)8-11;;;;/h2*1-5,7-8H,9H2;2*3-8H,1-2H3;2*1H;;/q4*-1;;;2*+2/p-2. The molecule has 0 unspecified atom stereocenters. The molecule has 0 radical (unpaired) electrons. The van der Waals surface area contributed by atoms with Crippen LogP contribution in [-0.2, 0) is 56.3 Å². The number of benzene rings is 6. The summed E-state index contributed by atoms with van der Waals surface area (Å²) < 4.78 is 0. The summed E-state index contributed by atoms with van der Waals surface area (Å²) in [5.41, 5.74) is 11.0. The van der Waals surface area contributed by atoms with E-state index in [0.29, 0.717) is 0 Å². The molecule has 0 fully saturated rings. The molecule has 10 rings (SSSR count). The van der Waals surface area contributed by atoms with Gasteiger partial charge in [0.2, 0.25) is 0 Å². The maximum atomic E-state index is 3.30. The third-order valence-corrected chi connectivity index (χ3v) is 12.1. The maximum Gasteiger partial charge on any atom is 2.00 e. The summed E-state index contributed by atoms with van der Waals surface area (Å²) in [4.78, 5) is 0. The van der Waals surface area contributed by atoms with Crippen LogP contribution in [0.25, 0.3) is 43.8 Å². The molecule has 54 heavy (non-hydrogen) atoms. The van der Waals surface area contributed by atoms with Gasteiger partial charge in [-0.25, -0.2) is 0 Å². The molecule has 0 aromatic heterocycles. The Balaban J connectivity index is 0.000000189. The molecule has 2 aliphatic rings. The third-order valence-electron chi connectivity index (χ3n) is 9.47. The summed E-state index contributed by atoms with van der Waals surface area (Å²) in [5.74, 6) is 0. The zero-order chi connectivity index (χ0) is 34.5. The number of rotatable bonds is 2. The molecule has 0 saturated heterocycles. The van der Waals surface area contributed by atoms with E-state index in [1.807, 2.05) is 12.1 Å². The van der Waals surface area contributed by atoms with Gasteiger partial charge in [-0.3, -0.25) is 0 Å². The average Bonchev–Trinajstić information content (AvgIpc) is 3.94. The fraction of sp³-hybridized carbons (Fsp3) is 0.125. The number of halogens is 2. The van der Waals surface area contributed by atoms with E-state index in [-0.39, 0.29) is 84.1 Å². The molecule has 0 spiro atoms. The van der Waals surface area contributed by atoms with Gasteiger partial charge in [0.1, 0.15) is 0 Å². The Morgan fingerprint density at radius 1 is 0.444 bits per heavy atom. The van der Waals surface area contributed by atoms with E-state index in [9.17, 15) is 0 Å². The zero-order valence-corrected chi connectivity index (χ0v) is 37.5. The monoisotopic (exact) mass is 846 g/mol. The third kappa shape index (κ3) is 10.8. The van der Waals surface area contributed by atoms with Gasteiger partial charge in [0.15, 0.2) is 0 Å². The van der Waals surface area contributed by atoms with Crippen molar-refractivity contribution in [1.82, 2.24) is 0 Å². The first-order chi connectivity index (χ1) is 24.4. The van der Waals surface area contributed by atoms with Gasteiger partial charge in [0.05, 0.1) is 0 Å². The van der Waals surface area contributed by atoms with E-state index in [1.165, 1.54) is 76.7 Å². The van der Waals surface area contributed by atoms with Crippen LogP contribution in [0.4, 0.5) is 0 Å². The largest absolute Gasteiger partial charge is 2.00 e. The first kappa shape index (κ1) is 45.8. The van der Waals surface area contributed by atoms with Crippen LogP contribution in [0.15, 0.2) is 158 Å². The molecule has 0 aliphatic heterocycles. The van der Waals surface area contributed by atoms with E-state index < -0.39 is 0 Å². The van der Waals surface area contributed by atoms with Crippen molar-refractivity contribution in [3.63, 3.8) is 0 Å². The molecular weight excluding hydrogens is 805 g/mol. The van der Waals surface area contributed by atoms with Crippen LogP contribution < -0.4 is 35.4 Å². The molecule has 0 heterocycles. The Bertz CT molecular complexity index is 2050. The van der Waals surface area contributed by atoms with Crippen molar-refractivity contribution in [3.05, 3.63) is 192 Å². The van der Waals surface area contributed by atoms with Gasteiger partial charge >= 0.3 is 43.4 Å². The predicted octanol–water partition coefficient (Wildman–Crippen LogP) is 5.97. The molecular formula is C48H42Cl2P2Ti2-2. The van der Waals surface area contributed by atoms with Gasteiger partial charge in [-0.05, 0) is 39.5 Å². The fourth-order valence-electron chi connectivity index (χ4n) is 6.78. The Morgan fingerprint density at radius 2 is 0.796 bits per heavy atom. The Hall–Kier alpha value is -2.59. The van der Waals surface area contributed by atoms with Crippen molar-refractivity contribution in [2.24, 2.45) is 0 Å². The molecule has 0 saturated carbocycles. The Morgan fingerprint density at radius 3 is 1.19 bits per heavy atom. The molecule has 2 aliphatic carbocycles. The van der Waals surface area contributed by atoms with Crippen molar-refractivity contribution >= 4 is 48.0 Å². The Kier molecular flexibility index (Phi) is 18.4. The van der Waals surface area contributed by atoms with E-state index in [0.717, 1.165) is 12.8 Å². The summed E-state index contributed by atoms with van der Waals surface area (Å²) in [6, 6.07) is 62.5. The molecule has 6 heteroatoms. The molecule has 0 bridgehead atoms. The van der Waals surface area contributed by atoms with Gasteiger partial charge < -0.3 is 24.8 Å². The molecule has 268 valence electrons. The van der Waals surface area contributed by atoms with Gasteiger partial charge in [-0.2, -0.15) is 71.8 Å². The van der Waals surface area contributed by atoms with Crippen molar-refractivity contribution < 1.29 is 68.2 Å². The van der Waals surface area contributed by atoms with E-state index in [4.69, 9.17) is 0 Å². The molecule has 8 aromatic rings. The maximum absolute atomic E-state index is 3.30. The number of hydrogen-bond acceptors (Lipinski definition) is 0. The zero-order valence-electron chi connectivity index (χ0n) is 31.1. The van der Waals surface area contributed by atoms with Crippen molar-refractivity contribution in [2.75, 3.05) is 26.7 Å². The van der Waals surface area contributed by atoms with Crippen molar-refractivity contribution in [2.45, 2.75) is 12.8 Å². The minimum absolute atomic E-state index is 0. The van der Waals surface area contributed by atoms with Crippen LogP contribution >= 0.6 is 15.8 Å². The van der Waals surface area contributed by atoms with E-state index in [2.05, 4.69) is 184 Å². The van der Waals surface area contributed by atoms with Crippen LogP contribution in [-0.4, -0.2) is 26.7 Å². The van der Waals surface area contributed by atoms with E-state index >= 15 is 0 Å². The molecule has 0 amide bonds. The summed E-state index contributed by atoms with van der Waals surface area (Å²) in [6.45, 7) is 9.18. The van der Waals surface area contributed by atoms with E-state index in [1.54, 1.807) is 0 Å². The van der Waals surface area contributed by atoms with Crippen LogP contribution in [0.5, 0.6) is 0 Å². The second-order valence-electron chi connectivity index (χ2n) is 13.3. The molecule has 0 N–H and O–H groups in total. The van der Waals surface area contributed by atoms with Gasteiger partial charge in [0, 0.05) is 0 Å². The predicted molar refractivity (Wildman–Crippen MR) is 223 cm³/mol. The first-order valence-corrected chi connectivity index (χ1v) is 21.7. The minimum atomic E-state index is 0. The average molecular weight is 847 g/mol. The molecule has 0 atom stereocenters. The second kappa shape index (κ2) is 21.6. The molecule has 8 aromatic carbocycles. The van der Waals surface area contributed by atoms with Crippen LogP contribution in [0.1, 0.15) is 22.3 Å². The second-order valence-corrected chi connectivity index (χ2v) is 17.9. The van der Waals surface area contributed by atoms with Crippen molar-refractivity contribution in [3.8, 4) is 22.3 Å². The first-order valence-electron chi connectivity index (χ1n) is 17.3.